The number of ether oxygens (including phenoxy) is 2. The minimum atomic E-state index is -0.437. The third-order valence-electron chi connectivity index (χ3n) is 5.97. The molecule has 0 N–H and O–H groups in total. The molecular weight excluding hydrogens is 304 g/mol. The second-order valence-electron chi connectivity index (χ2n) is 8.03. The molecule has 0 aliphatic heterocycles. The first kappa shape index (κ1) is 19.0. The van der Waals surface area contributed by atoms with Crippen molar-refractivity contribution in [2.45, 2.75) is 90.3 Å². The zero-order valence-corrected chi connectivity index (χ0v) is 15.6. The van der Waals surface area contributed by atoms with Crippen molar-refractivity contribution in [2.24, 2.45) is 11.8 Å². The van der Waals surface area contributed by atoms with Crippen molar-refractivity contribution in [2.75, 3.05) is 0 Å². The molecule has 0 spiro atoms. The molecule has 4 nitrogen and oxygen atoms in total. The van der Waals surface area contributed by atoms with E-state index in [1.165, 1.54) is 12.2 Å². The molecule has 2 fully saturated rings. The fraction of sp³-hybridized carbons (Fsp3) is 0.800. The molecule has 2 rings (SSSR count). The van der Waals surface area contributed by atoms with E-state index in [1.807, 2.05) is 0 Å². The molecule has 4 heteroatoms. The van der Waals surface area contributed by atoms with Gasteiger partial charge in [0.25, 0.3) is 0 Å². The van der Waals surface area contributed by atoms with Crippen LogP contribution in [0.3, 0.4) is 0 Å². The summed E-state index contributed by atoms with van der Waals surface area (Å²) in [5.74, 6) is -0.306. The summed E-state index contributed by atoms with van der Waals surface area (Å²) in [5, 5.41) is 0. The molecular formula is C20H32O4. The fourth-order valence-corrected chi connectivity index (χ4v) is 4.15. The summed E-state index contributed by atoms with van der Waals surface area (Å²) in [6, 6.07) is 0. The Balaban J connectivity index is 1.92. The maximum absolute atomic E-state index is 12.1. The second-order valence-corrected chi connectivity index (χ2v) is 8.03. The van der Waals surface area contributed by atoms with E-state index < -0.39 is 11.9 Å². The van der Waals surface area contributed by atoms with Gasteiger partial charge in [-0.1, -0.05) is 27.7 Å². The normalized spacial score (nSPS) is 22.4. The lowest BCUT2D eigenvalue weighted by Gasteiger charge is -2.33. The van der Waals surface area contributed by atoms with E-state index in [9.17, 15) is 9.59 Å². The summed E-state index contributed by atoms with van der Waals surface area (Å²) in [6.45, 7) is 8.35. The van der Waals surface area contributed by atoms with Crippen molar-refractivity contribution in [3.8, 4) is 0 Å². The largest absolute Gasteiger partial charge is 0.456 e. The van der Waals surface area contributed by atoms with Gasteiger partial charge in [-0.25, -0.2) is 9.59 Å². The van der Waals surface area contributed by atoms with Gasteiger partial charge < -0.3 is 9.47 Å². The lowest BCUT2D eigenvalue weighted by atomic mass is 9.88. The number of hydrogen-bond donors (Lipinski definition) is 0. The Kier molecular flexibility index (Phi) is 6.11. The molecule has 0 aromatic heterocycles. The molecule has 0 radical (unpaired) electrons. The summed E-state index contributed by atoms with van der Waals surface area (Å²) in [7, 11) is 0. The molecule has 24 heavy (non-hydrogen) atoms. The molecule has 0 unspecified atom stereocenters. The first-order chi connectivity index (χ1) is 11.3. The van der Waals surface area contributed by atoms with Crippen LogP contribution in [-0.4, -0.2) is 23.1 Å². The molecule has 2 aliphatic carbocycles. The Morgan fingerprint density at radius 3 is 1.25 bits per heavy atom. The minimum absolute atomic E-state index is 0.284. The van der Waals surface area contributed by atoms with E-state index in [0.29, 0.717) is 0 Å². The lowest BCUT2D eigenvalue weighted by molar-refractivity contribution is -0.161. The van der Waals surface area contributed by atoms with E-state index in [1.54, 1.807) is 0 Å². The Bertz CT molecular complexity index is 434. The van der Waals surface area contributed by atoms with Crippen molar-refractivity contribution in [1.29, 1.82) is 0 Å². The van der Waals surface area contributed by atoms with E-state index >= 15 is 0 Å². The molecule has 2 aliphatic rings. The van der Waals surface area contributed by atoms with Gasteiger partial charge in [0.2, 0.25) is 0 Å². The molecule has 2 saturated carbocycles. The van der Waals surface area contributed by atoms with Crippen LogP contribution in [0.1, 0.15) is 79.1 Å². The van der Waals surface area contributed by atoms with E-state index in [-0.39, 0.29) is 23.0 Å². The molecule has 0 aromatic rings. The Morgan fingerprint density at radius 1 is 0.708 bits per heavy atom. The Labute approximate surface area is 146 Å². The predicted molar refractivity (Wildman–Crippen MR) is 93.4 cm³/mol. The highest BCUT2D eigenvalue weighted by atomic mass is 16.6. The van der Waals surface area contributed by atoms with Gasteiger partial charge in [-0.15, -0.1) is 0 Å². The maximum atomic E-state index is 12.1. The first-order valence-corrected chi connectivity index (χ1v) is 9.44. The summed E-state index contributed by atoms with van der Waals surface area (Å²) in [5.41, 5.74) is -0.730. The zero-order chi connectivity index (χ0) is 17.8. The van der Waals surface area contributed by atoms with Gasteiger partial charge in [0.1, 0.15) is 11.2 Å². The number of hydrogen-bond acceptors (Lipinski definition) is 4. The van der Waals surface area contributed by atoms with Crippen LogP contribution < -0.4 is 0 Å². The standard InChI is InChI=1S/C20H32O4/c1-15(2)19(11-5-6-12-19)23-17(21)9-10-18(22)24-20(16(3)4)13-7-8-14-20/h9-10,15-16H,5-8,11-14H2,1-4H3/b10-9+. The monoisotopic (exact) mass is 336 g/mol. The van der Waals surface area contributed by atoms with E-state index in [2.05, 4.69) is 27.7 Å². The van der Waals surface area contributed by atoms with Gasteiger partial charge in [-0.2, -0.15) is 0 Å². The van der Waals surface area contributed by atoms with E-state index in [0.717, 1.165) is 51.4 Å². The number of esters is 2. The number of carbonyl (C=O) groups excluding carboxylic acids is 2. The molecule has 0 saturated heterocycles. The molecule has 0 atom stereocenters. The van der Waals surface area contributed by atoms with Crippen molar-refractivity contribution >= 4 is 11.9 Å². The van der Waals surface area contributed by atoms with Crippen LogP contribution in [-0.2, 0) is 19.1 Å². The Hall–Kier alpha value is -1.32. The van der Waals surface area contributed by atoms with Gasteiger partial charge in [0.15, 0.2) is 0 Å². The molecule has 0 heterocycles. The van der Waals surface area contributed by atoms with Gasteiger partial charge in [-0.05, 0) is 63.2 Å². The summed E-state index contributed by atoms with van der Waals surface area (Å²) in [6.07, 6.45) is 10.5. The average molecular weight is 336 g/mol. The van der Waals surface area contributed by atoms with Gasteiger partial charge >= 0.3 is 11.9 Å². The topological polar surface area (TPSA) is 52.6 Å². The molecule has 0 aromatic carbocycles. The van der Waals surface area contributed by atoms with Gasteiger partial charge in [-0.3, -0.25) is 0 Å². The molecule has 0 amide bonds. The van der Waals surface area contributed by atoms with Crippen LogP contribution in [0.4, 0.5) is 0 Å². The summed E-state index contributed by atoms with van der Waals surface area (Å²) < 4.78 is 11.4. The molecule has 136 valence electrons. The van der Waals surface area contributed by atoms with Crippen LogP contribution in [0.5, 0.6) is 0 Å². The van der Waals surface area contributed by atoms with Crippen LogP contribution in [0.25, 0.3) is 0 Å². The summed E-state index contributed by atoms with van der Waals surface area (Å²) >= 11 is 0. The van der Waals surface area contributed by atoms with Gasteiger partial charge in [0.05, 0.1) is 0 Å². The van der Waals surface area contributed by atoms with Crippen molar-refractivity contribution in [1.82, 2.24) is 0 Å². The van der Waals surface area contributed by atoms with Gasteiger partial charge in [0, 0.05) is 12.2 Å². The average Bonchev–Trinajstić information content (AvgIpc) is 3.16. The quantitative estimate of drug-likeness (QED) is 0.527. The van der Waals surface area contributed by atoms with Crippen LogP contribution in [0.2, 0.25) is 0 Å². The molecule has 0 bridgehead atoms. The number of rotatable bonds is 6. The smallest absolute Gasteiger partial charge is 0.331 e. The predicted octanol–water partition coefficient (Wildman–Crippen LogP) is 4.57. The maximum Gasteiger partial charge on any atom is 0.331 e. The third kappa shape index (κ3) is 4.20. The number of carbonyl (C=O) groups is 2. The SMILES string of the molecule is CC(C)C1(OC(=O)/C=C/C(=O)OC2(C(C)C)CCCC2)CCCC1. The fourth-order valence-electron chi connectivity index (χ4n) is 4.15. The minimum Gasteiger partial charge on any atom is -0.456 e. The van der Waals surface area contributed by atoms with Crippen molar-refractivity contribution in [3.63, 3.8) is 0 Å². The first-order valence-electron chi connectivity index (χ1n) is 9.44. The van der Waals surface area contributed by atoms with Crippen molar-refractivity contribution in [3.05, 3.63) is 12.2 Å². The summed E-state index contributed by atoms with van der Waals surface area (Å²) in [4.78, 5) is 24.3. The Morgan fingerprint density at radius 2 is 1.00 bits per heavy atom. The highest BCUT2D eigenvalue weighted by molar-refractivity contribution is 5.92. The highest BCUT2D eigenvalue weighted by Gasteiger charge is 2.41. The van der Waals surface area contributed by atoms with Crippen LogP contribution in [0.15, 0.2) is 12.2 Å². The lowest BCUT2D eigenvalue weighted by Crippen LogP contribution is -2.37. The van der Waals surface area contributed by atoms with Crippen LogP contribution >= 0.6 is 0 Å². The van der Waals surface area contributed by atoms with Crippen LogP contribution in [0, 0.1) is 11.8 Å². The third-order valence-corrected chi connectivity index (χ3v) is 5.97. The van der Waals surface area contributed by atoms with Crippen molar-refractivity contribution < 1.29 is 19.1 Å². The van der Waals surface area contributed by atoms with E-state index in [4.69, 9.17) is 9.47 Å². The second kappa shape index (κ2) is 7.71. The highest BCUT2D eigenvalue weighted by Crippen LogP contribution is 2.40. The zero-order valence-electron chi connectivity index (χ0n) is 15.6.